The van der Waals surface area contributed by atoms with E-state index in [1.165, 1.54) is 6.20 Å². The molecule has 1 aromatic heterocycles. The van der Waals surface area contributed by atoms with E-state index in [0.29, 0.717) is 5.56 Å². The van der Waals surface area contributed by atoms with Gasteiger partial charge in [-0.1, -0.05) is 30.3 Å². The summed E-state index contributed by atoms with van der Waals surface area (Å²) in [7, 11) is 0. The summed E-state index contributed by atoms with van der Waals surface area (Å²) >= 11 is 0. The smallest absolute Gasteiger partial charge is 0.340 e. The molecule has 27 heavy (non-hydrogen) atoms. The van der Waals surface area contributed by atoms with Crippen molar-refractivity contribution in [2.45, 2.75) is 32.2 Å². The number of esters is 1. The monoisotopic (exact) mass is 369 g/mol. The molecule has 2 N–H and O–H groups in total. The van der Waals surface area contributed by atoms with Crippen LogP contribution in [0.2, 0.25) is 0 Å². The molecule has 7 nitrogen and oxygen atoms in total. The van der Waals surface area contributed by atoms with Gasteiger partial charge in [0.15, 0.2) is 0 Å². The quantitative estimate of drug-likeness (QED) is 0.811. The zero-order valence-corrected chi connectivity index (χ0v) is 15.4. The molecule has 0 unspecified atom stereocenters. The Hall–Kier alpha value is -2.93. The molecular formula is C20H23N3O4. The van der Waals surface area contributed by atoms with Gasteiger partial charge in [-0.3, -0.25) is 4.79 Å². The van der Waals surface area contributed by atoms with Crippen molar-refractivity contribution < 1.29 is 19.1 Å². The predicted octanol–water partition coefficient (Wildman–Crippen LogP) is 2.08. The van der Waals surface area contributed by atoms with E-state index >= 15 is 0 Å². The van der Waals surface area contributed by atoms with Gasteiger partial charge in [0.05, 0.1) is 17.8 Å². The summed E-state index contributed by atoms with van der Waals surface area (Å²) in [4.78, 5) is 30.6. The van der Waals surface area contributed by atoms with Crippen molar-refractivity contribution in [2.24, 2.45) is 5.73 Å². The van der Waals surface area contributed by atoms with Crippen LogP contribution in [0.4, 0.5) is 5.82 Å². The number of amides is 1. The van der Waals surface area contributed by atoms with E-state index in [9.17, 15) is 9.59 Å². The van der Waals surface area contributed by atoms with Crippen molar-refractivity contribution in [1.29, 1.82) is 0 Å². The number of hydrogen-bond acceptors (Lipinski definition) is 6. The fourth-order valence-electron chi connectivity index (χ4n) is 3.15. The molecule has 3 atom stereocenters. The zero-order chi connectivity index (χ0) is 19.4. The Balaban J connectivity index is 1.71. The van der Waals surface area contributed by atoms with Crippen LogP contribution in [0.25, 0.3) is 0 Å². The van der Waals surface area contributed by atoms with E-state index in [1.807, 2.05) is 13.8 Å². The van der Waals surface area contributed by atoms with Gasteiger partial charge >= 0.3 is 5.97 Å². The first-order chi connectivity index (χ1) is 12.9. The van der Waals surface area contributed by atoms with Crippen LogP contribution >= 0.6 is 0 Å². The molecule has 1 aliphatic heterocycles. The highest BCUT2D eigenvalue weighted by atomic mass is 16.5. The van der Waals surface area contributed by atoms with E-state index in [2.05, 4.69) is 9.88 Å². The average molecular weight is 369 g/mol. The SMILES string of the molecule is C[C@@H]1CN(c2ccc(C(=O)O[C@@H](C(N)=O)c3ccccc3)cn2)C[C@H](C)O1. The third-order valence-electron chi connectivity index (χ3n) is 4.31. The van der Waals surface area contributed by atoms with E-state index in [0.717, 1.165) is 18.9 Å². The standard InChI is InChI=1S/C20H23N3O4/c1-13-11-23(12-14(2)26-13)17-9-8-16(10-22-17)20(25)27-18(19(21)24)15-6-4-3-5-7-15/h3-10,13-14,18H,11-12H2,1-2H3,(H2,21,24)/t13-,14+,18-/m1/s1. The van der Waals surface area contributed by atoms with E-state index < -0.39 is 18.0 Å². The van der Waals surface area contributed by atoms with Crippen molar-refractivity contribution >= 4 is 17.7 Å². The topological polar surface area (TPSA) is 94.8 Å². The minimum Gasteiger partial charge on any atom is -0.444 e. The molecule has 1 aliphatic rings. The summed E-state index contributed by atoms with van der Waals surface area (Å²) < 4.78 is 11.0. The summed E-state index contributed by atoms with van der Waals surface area (Å²) in [5.41, 5.74) is 6.18. The highest BCUT2D eigenvalue weighted by Gasteiger charge is 2.25. The van der Waals surface area contributed by atoms with Gasteiger partial charge < -0.3 is 20.1 Å². The van der Waals surface area contributed by atoms with Crippen LogP contribution in [0.15, 0.2) is 48.7 Å². The van der Waals surface area contributed by atoms with Crippen LogP contribution in [0.1, 0.15) is 35.9 Å². The van der Waals surface area contributed by atoms with E-state index in [4.69, 9.17) is 15.2 Å². The molecule has 0 radical (unpaired) electrons. The van der Waals surface area contributed by atoms with E-state index in [1.54, 1.807) is 42.5 Å². The first kappa shape index (κ1) is 18.8. The van der Waals surface area contributed by atoms with Gasteiger partial charge in [-0.15, -0.1) is 0 Å². The minimum atomic E-state index is -1.14. The first-order valence-corrected chi connectivity index (χ1v) is 8.85. The average Bonchev–Trinajstić information content (AvgIpc) is 2.65. The summed E-state index contributed by atoms with van der Waals surface area (Å²) in [6.45, 7) is 5.50. The van der Waals surface area contributed by atoms with Crippen LogP contribution in [0.5, 0.6) is 0 Å². The zero-order valence-electron chi connectivity index (χ0n) is 15.4. The Kier molecular flexibility index (Phi) is 5.71. The Labute approximate surface area is 158 Å². The van der Waals surface area contributed by atoms with Gasteiger partial charge in [0, 0.05) is 24.8 Å². The van der Waals surface area contributed by atoms with Crippen LogP contribution in [0, 0.1) is 0 Å². The molecule has 2 heterocycles. The largest absolute Gasteiger partial charge is 0.444 e. The summed E-state index contributed by atoms with van der Waals surface area (Å²) in [5, 5.41) is 0. The number of carbonyl (C=O) groups excluding carboxylic acids is 2. The predicted molar refractivity (Wildman–Crippen MR) is 100 cm³/mol. The normalized spacial score (nSPS) is 20.7. The number of primary amides is 1. The first-order valence-electron chi connectivity index (χ1n) is 8.85. The number of carbonyl (C=O) groups is 2. The second-order valence-electron chi connectivity index (χ2n) is 6.67. The number of ether oxygens (including phenoxy) is 2. The lowest BCUT2D eigenvalue weighted by Gasteiger charge is -2.36. The summed E-state index contributed by atoms with van der Waals surface area (Å²) in [6, 6.07) is 12.1. The van der Waals surface area contributed by atoms with Crippen molar-refractivity contribution in [3.8, 4) is 0 Å². The number of pyridine rings is 1. The molecule has 0 spiro atoms. The highest BCUT2D eigenvalue weighted by molar-refractivity contribution is 5.92. The lowest BCUT2D eigenvalue weighted by atomic mass is 10.1. The van der Waals surface area contributed by atoms with Crippen molar-refractivity contribution in [2.75, 3.05) is 18.0 Å². The van der Waals surface area contributed by atoms with E-state index in [-0.39, 0.29) is 17.8 Å². The lowest BCUT2D eigenvalue weighted by molar-refractivity contribution is -0.127. The summed E-state index contributed by atoms with van der Waals surface area (Å²) in [5.74, 6) is -0.608. The third-order valence-corrected chi connectivity index (χ3v) is 4.31. The molecule has 0 bridgehead atoms. The molecule has 3 rings (SSSR count). The summed E-state index contributed by atoms with van der Waals surface area (Å²) in [6.07, 6.45) is 0.537. The van der Waals surface area contributed by atoms with Crippen LogP contribution in [-0.2, 0) is 14.3 Å². The van der Waals surface area contributed by atoms with Gasteiger partial charge in [0.1, 0.15) is 5.82 Å². The van der Waals surface area contributed by atoms with Crippen molar-refractivity contribution in [3.63, 3.8) is 0 Å². The molecule has 1 amide bonds. The van der Waals surface area contributed by atoms with Crippen molar-refractivity contribution in [1.82, 2.24) is 4.98 Å². The van der Waals surface area contributed by atoms with Crippen LogP contribution in [-0.4, -0.2) is 42.2 Å². The van der Waals surface area contributed by atoms with Gasteiger partial charge in [0.25, 0.3) is 5.91 Å². The molecule has 2 aromatic rings. The van der Waals surface area contributed by atoms with Crippen LogP contribution < -0.4 is 10.6 Å². The molecular weight excluding hydrogens is 346 g/mol. The molecule has 0 saturated carbocycles. The number of anilines is 1. The number of nitrogens with two attached hydrogens (primary N) is 1. The maximum Gasteiger partial charge on any atom is 0.340 e. The van der Waals surface area contributed by atoms with Gasteiger partial charge in [-0.2, -0.15) is 0 Å². The number of nitrogens with zero attached hydrogens (tertiary/aromatic N) is 2. The third kappa shape index (κ3) is 4.62. The number of aromatic nitrogens is 1. The second-order valence-corrected chi connectivity index (χ2v) is 6.67. The number of benzene rings is 1. The Morgan fingerprint density at radius 2 is 1.81 bits per heavy atom. The number of rotatable bonds is 5. The molecule has 142 valence electrons. The van der Waals surface area contributed by atoms with Crippen LogP contribution in [0.3, 0.4) is 0 Å². The fraction of sp³-hybridized carbons (Fsp3) is 0.350. The molecule has 7 heteroatoms. The molecule has 1 saturated heterocycles. The van der Waals surface area contributed by atoms with Gasteiger partial charge in [0.2, 0.25) is 6.10 Å². The molecule has 1 fully saturated rings. The molecule has 1 aromatic carbocycles. The maximum atomic E-state index is 12.4. The lowest BCUT2D eigenvalue weighted by Crippen LogP contribution is -2.45. The Morgan fingerprint density at radius 1 is 1.15 bits per heavy atom. The van der Waals surface area contributed by atoms with Crippen molar-refractivity contribution in [3.05, 3.63) is 59.8 Å². The Bertz CT molecular complexity index is 785. The second kappa shape index (κ2) is 8.18. The molecule has 0 aliphatic carbocycles. The fourth-order valence-corrected chi connectivity index (χ4v) is 3.15. The van der Waals surface area contributed by atoms with Gasteiger partial charge in [-0.25, -0.2) is 9.78 Å². The number of hydrogen-bond donors (Lipinski definition) is 1. The number of morpholine rings is 1. The highest BCUT2D eigenvalue weighted by Crippen LogP contribution is 2.21. The minimum absolute atomic E-state index is 0.113. The maximum absolute atomic E-state index is 12.4. The Morgan fingerprint density at radius 3 is 2.37 bits per heavy atom. The van der Waals surface area contributed by atoms with Gasteiger partial charge in [-0.05, 0) is 26.0 Å².